The van der Waals surface area contributed by atoms with Crippen LogP contribution in [0.3, 0.4) is 0 Å². The third-order valence-electron chi connectivity index (χ3n) is 1.94. The van der Waals surface area contributed by atoms with Gasteiger partial charge in [-0.3, -0.25) is 9.59 Å². The van der Waals surface area contributed by atoms with E-state index in [-0.39, 0.29) is 12.5 Å². The number of hydrogen-bond acceptors (Lipinski definition) is 2. The average Bonchev–Trinajstić information content (AvgIpc) is 2.68. The lowest BCUT2D eigenvalue weighted by Crippen LogP contribution is -2.36. The quantitative estimate of drug-likeness (QED) is 0.760. The van der Waals surface area contributed by atoms with Crippen LogP contribution in [0.4, 0.5) is 0 Å². The third-order valence-corrected chi connectivity index (χ3v) is 1.94. The van der Waals surface area contributed by atoms with Crippen LogP contribution in [-0.4, -0.2) is 40.0 Å². The molecule has 0 saturated heterocycles. The van der Waals surface area contributed by atoms with E-state index in [1.54, 1.807) is 18.3 Å². The van der Waals surface area contributed by atoms with E-state index in [0.717, 1.165) is 6.42 Å². The molecule has 1 amide bonds. The van der Waals surface area contributed by atoms with Gasteiger partial charge in [-0.25, -0.2) is 0 Å². The van der Waals surface area contributed by atoms with E-state index in [1.165, 1.54) is 4.90 Å². The molecule has 0 aromatic carbocycles. The van der Waals surface area contributed by atoms with Crippen molar-refractivity contribution in [3.8, 4) is 0 Å². The van der Waals surface area contributed by atoms with Gasteiger partial charge in [0.2, 0.25) is 0 Å². The number of amides is 1. The van der Waals surface area contributed by atoms with Crippen molar-refractivity contribution in [2.24, 2.45) is 0 Å². The summed E-state index contributed by atoms with van der Waals surface area (Å²) < 4.78 is 0. The molecule has 1 rings (SSSR count). The number of carbonyl (C=O) groups excluding carboxylic acids is 1. The Morgan fingerprint density at radius 1 is 1.53 bits per heavy atom. The highest BCUT2D eigenvalue weighted by Gasteiger charge is 2.17. The van der Waals surface area contributed by atoms with Gasteiger partial charge in [-0.2, -0.15) is 0 Å². The molecule has 0 bridgehead atoms. The van der Waals surface area contributed by atoms with Crippen LogP contribution in [0, 0.1) is 0 Å². The van der Waals surface area contributed by atoms with Gasteiger partial charge in [-0.15, -0.1) is 0 Å². The van der Waals surface area contributed by atoms with Crippen LogP contribution in [0.25, 0.3) is 0 Å². The first-order chi connectivity index (χ1) is 7.15. The summed E-state index contributed by atoms with van der Waals surface area (Å²) in [5.74, 6) is -1.27. The number of aromatic nitrogens is 1. The SMILES string of the molecule is CCCN(CC(=O)O)C(=O)c1ccc[nH]1. The van der Waals surface area contributed by atoms with Gasteiger partial charge in [0.05, 0.1) is 0 Å². The van der Waals surface area contributed by atoms with E-state index < -0.39 is 5.97 Å². The van der Waals surface area contributed by atoms with Gasteiger partial charge in [-0.05, 0) is 18.6 Å². The predicted molar refractivity (Wildman–Crippen MR) is 54.6 cm³/mol. The van der Waals surface area contributed by atoms with Gasteiger partial charge >= 0.3 is 5.97 Å². The molecule has 5 heteroatoms. The summed E-state index contributed by atoms with van der Waals surface area (Å²) in [5, 5.41) is 8.65. The van der Waals surface area contributed by atoms with Crippen molar-refractivity contribution < 1.29 is 14.7 Å². The number of H-pyrrole nitrogens is 1. The van der Waals surface area contributed by atoms with E-state index in [9.17, 15) is 9.59 Å². The Hall–Kier alpha value is -1.78. The van der Waals surface area contributed by atoms with Gasteiger partial charge < -0.3 is 15.0 Å². The van der Waals surface area contributed by atoms with Crippen molar-refractivity contribution in [3.05, 3.63) is 24.0 Å². The molecular formula is C10H14N2O3. The van der Waals surface area contributed by atoms with Gasteiger partial charge in [0.1, 0.15) is 12.2 Å². The zero-order chi connectivity index (χ0) is 11.3. The molecule has 1 aromatic rings. The summed E-state index contributed by atoms with van der Waals surface area (Å²) in [4.78, 5) is 26.4. The van der Waals surface area contributed by atoms with E-state index in [2.05, 4.69) is 4.98 Å². The molecule has 0 atom stereocenters. The number of nitrogens with zero attached hydrogens (tertiary/aromatic N) is 1. The van der Waals surface area contributed by atoms with E-state index >= 15 is 0 Å². The first-order valence-corrected chi connectivity index (χ1v) is 4.79. The molecule has 15 heavy (non-hydrogen) atoms. The van der Waals surface area contributed by atoms with Crippen molar-refractivity contribution >= 4 is 11.9 Å². The molecule has 0 unspecified atom stereocenters. The minimum absolute atomic E-state index is 0.258. The molecule has 0 radical (unpaired) electrons. The van der Waals surface area contributed by atoms with Crippen LogP contribution in [-0.2, 0) is 4.79 Å². The molecule has 0 saturated carbocycles. The molecular weight excluding hydrogens is 196 g/mol. The molecule has 1 heterocycles. The highest BCUT2D eigenvalue weighted by molar-refractivity contribution is 5.94. The van der Waals surface area contributed by atoms with Crippen molar-refractivity contribution in [1.29, 1.82) is 0 Å². The monoisotopic (exact) mass is 210 g/mol. The predicted octanol–water partition coefficient (Wildman–Crippen LogP) is 0.951. The second kappa shape index (κ2) is 5.19. The fourth-order valence-electron chi connectivity index (χ4n) is 1.32. The van der Waals surface area contributed by atoms with Crippen molar-refractivity contribution in [1.82, 2.24) is 9.88 Å². The van der Waals surface area contributed by atoms with Crippen LogP contribution in [0.15, 0.2) is 18.3 Å². The number of carboxylic acid groups (broad SMARTS) is 1. The molecule has 0 aliphatic rings. The number of carbonyl (C=O) groups is 2. The number of rotatable bonds is 5. The zero-order valence-corrected chi connectivity index (χ0v) is 8.56. The Morgan fingerprint density at radius 2 is 2.27 bits per heavy atom. The first-order valence-electron chi connectivity index (χ1n) is 4.79. The number of hydrogen-bond donors (Lipinski definition) is 2. The summed E-state index contributed by atoms with van der Waals surface area (Å²) in [6, 6.07) is 3.34. The van der Waals surface area contributed by atoms with Gasteiger partial charge in [-0.1, -0.05) is 6.92 Å². The van der Waals surface area contributed by atoms with Crippen LogP contribution < -0.4 is 0 Å². The number of nitrogens with one attached hydrogen (secondary N) is 1. The largest absolute Gasteiger partial charge is 0.480 e. The van der Waals surface area contributed by atoms with E-state index in [1.807, 2.05) is 6.92 Å². The Labute approximate surface area is 87.7 Å². The second-order valence-corrected chi connectivity index (χ2v) is 3.20. The minimum atomic E-state index is -0.997. The summed E-state index contributed by atoms with van der Waals surface area (Å²) in [5.41, 5.74) is 0.421. The normalized spacial score (nSPS) is 9.93. The second-order valence-electron chi connectivity index (χ2n) is 3.20. The fraction of sp³-hybridized carbons (Fsp3) is 0.400. The summed E-state index contributed by atoms with van der Waals surface area (Å²) >= 11 is 0. The van der Waals surface area contributed by atoms with Crippen LogP contribution >= 0.6 is 0 Å². The fourth-order valence-corrected chi connectivity index (χ4v) is 1.32. The number of aliphatic carboxylic acids is 1. The molecule has 0 aliphatic heterocycles. The maximum Gasteiger partial charge on any atom is 0.323 e. The van der Waals surface area contributed by atoms with Crippen LogP contribution in [0.1, 0.15) is 23.8 Å². The molecule has 0 aliphatic carbocycles. The highest BCUT2D eigenvalue weighted by atomic mass is 16.4. The lowest BCUT2D eigenvalue weighted by atomic mass is 10.3. The van der Waals surface area contributed by atoms with Crippen LogP contribution in [0.2, 0.25) is 0 Å². The Balaban J connectivity index is 2.71. The molecule has 0 fully saturated rings. The van der Waals surface area contributed by atoms with Crippen molar-refractivity contribution in [2.45, 2.75) is 13.3 Å². The van der Waals surface area contributed by atoms with Crippen molar-refractivity contribution in [2.75, 3.05) is 13.1 Å². The highest BCUT2D eigenvalue weighted by Crippen LogP contribution is 2.02. The zero-order valence-electron chi connectivity index (χ0n) is 8.56. The van der Waals surface area contributed by atoms with Crippen LogP contribution in [0.5, 0.6) is 0 Å². The maximum absolute atomic E-state index is 11.8. The van der Waals surface area contributed by atoms with E-state index in [4.69, 9.17) is 5.11 Å². The summed E-state index contributed by atoms with van der Waals surface area (Å²) in [6.07, 6.45) is 2.37. The summed E-state index contributed by atoms with van der Waals surface area (Å²) in [6.45, 7) is 2.09. The first kappa shape index (κ1) is 11.3. The maximum atomic E-state index is 11.8. The average molecular weight is 210 g/mol. The molecule has 2 N–H and O–H groups in total. The standard InChI is InChI=1S/C10H14N2O3/c1-2-6-12(7-9(13)14)10(15)8-4-3-5-11-8/h3-5,11H,2,6-7H2,1H3,(H,13,14). The van der Waals surface area contributed by atoms with Gasteiger partial charge in [0, 0.05) is 12.7 Å². The number of aromatic amines is 1. The lowest BCUT2D eigenvalue weighted by Gasteiger charge is -2.18. The van der Waals surface area contributed by atoms with Crippen molar-refractivity contribution in [3.63, 3.8) is 0 Å². The topological polar surface area (TPSA) is 73.4 Å². The van der Waals surface area contributed by atoms with Gasteiger partial charge in [0.25, 0.3) is 5.91 Å². The van der Waals surface area contributed by atoms with E-state index in [0.29, 0.717) is 12.2 Å². The molecule has 0 spiro atoms. The Kier molecular flexibility index (Phi) is 3.91. The Bertz CT molecular complexity index is 332. The molecule has 1 aromatic heterocycles. The molecule has 5 nitrogen and oxygen atoms in total. The van der Waals surface area contributed by atoms with Gasteiger partial charge in [0.15, 0.2) is 0 Å². The number of carboxylic acids is 1. The molecule has 82 valence electrons. The minimum Gasteiger partial charge on any atom is -0.480 e. The smallest absolute Gasteiger partial charge is 0.323 e. The third kappa shape index (κ3) is 3.12. The lowest BCUT2D eigenvalue weighted by molar-refractivity contribution is -0.137. The Morgan fingerprint density at radius 3 is 2.73 bits per heavy atom. The summed E-state index contributed by atoms with van der Waals surface area (Å²) in [7, 11) is 0.